The summed E-state index contributed by atoms with van der Waals surface area (Å²) in [6.07, 6.45) is 4.67. The molecule has 0 aliphatic heterocycles. The quantitative estimate of drug-likeness (QED) is 0.459. The van der Waals surface area contributed by atoms with Gasteiger partial charge in [-0.15, -0.1) is 0 Å². The summed E-state index contributed by atoms with van der Waals surface area (Å²) in [6.45, 7) is 1.99. The summed E-state index contributed by atoms with van der Waals surface area (Å²) in [7, 11) is 0. The first kappa shape index (κ1) is 18.1. The Kier molecular flexibility index (Phi) is 7.34. The zero-order valence-electron chi connectivity index (χ0n) is 14.3. The molecule has 2 aromatic carbocycles. The van der Waals surface area contributed by atoms with Crippen molar-refractivity contribution in [1.82, 2.24) is 0 Å². The van der Waals surface area contributed by atoms with E-state index in [0.717, 1.165) is 43.2 Å². The van der Waals surface area contributed by atoms with Gasteiger partial charge in [0.1, 0.15) is 6.10 Å². The van der Waals surface area contributed by atoms with Crippen molar-refractivity contribution >= 4 is 6.16 Å². The third-order valence-electron chi connectivity index (χ3n) is 4.30. The van der Waals surface area contributed by atoms with Crippen molar-refractivity contribution in [2.45, 2.75) is 51.6 Å². The van der Waals surface area contributed by atoms with Crippen LogP contribution in [0.25, 0.3) is 0 Å². The Morgan fingerprint density at radius 1 is 0.958 bits per heavy atom. The molecule has 0 radical (unpaired) electrons. The van der Waals surface area contributed by atoms with Crippen molar-refractivity contribution in [2.75, 3.05) is 0 Å². The second kappa shape index (κ2) is 9.76. The van der Waals surface area contributed by atoms with Crippen LogP contribution < -0.4 is 0 Å². The molecule has 1 N–H and O–H groups in total. The van der Waals surface area contributed by atoms with Gasteiger partial charge in [-0.05, 0) is 49.3 Å². The van der Waals surface area contributed by atoms with E-state index in [4.69, 9.17) is 9.84 Å². The average molecular weight is 326 g/mol. The van der Waals surface area contributed by atoms with Crippen LogP contribution in [0.15, 0.2) is 54.6 Å². The van der Waals surface area contributed by atoms with Crippen molar-refractivity contribution in [3.63, 3.8) is 0 Å². The summed E-state index contributed by atoms with van der Waals surface area (Å²) >= 11 is 0. The molecule has 0 fully saturated rings. The second-order valence-corrected chi connectivity index (χ2v) is 6.17. The van der Waals surface area contributed by atoms with E-state index in [1.54, 1.807) is 0 Å². The normalized spacial score (nSPS) is 11.9. The molecular formula is C21H26O3. The molecule has 1 unspecified atom stereocenters. The van der Waals surface area contributed by atoms with E-state index in [9.17, 15) is 4.79 Å². The number of benzene rings is 2. The molecule has 2 aromatic rings. The number of carbonyl (C=O) groups is 1. The zero-order chi connectivity index (χ0) is 17.2. The first-order valence-corrected chi connectivity index (χ1v) is 8.66. The van der Waals surface area contributed by atoms with Crippen molar-refractivity contribution in [2.24, 2.45) is 0 Å². The number of aryl methyl sites for hydroxylation is 2. The van der Waals surface area contributed by atoms with Gasteiger partial charge in [0.2, 0.25) is 0 Å². The van der Waals surface area contributed by atoms with Crippen molar-refractivity contribution in [1.29, 1.82) is 0 Å². The second-order valence-electron chi connectivity index (χ2n) is 6.17. The molecule has 0 spiro atoms. The maximum atomic E-state index is 11.0. The number of ether oxygens (including phenoxy) is 1. The molecule has 3 heteroatoms. The molecule has 0 saturated heterocycles. The highest BCUT2D eigenvalue weighted by Crippen LogP contribution is 2.27. The average Bonchev–Trinajstić information content (AvgIpc) is 2.58. The van der Waals surface area contributed by atoms with Gasteiger partial charge < -0.3 is 9.84 Å². The van der Waals surface area contributed by atoms with E-state index >= 15 is 0 Å². The molecular weight excluding hydrogens is 300 g/mol. The van der Waals surface area contributed by atoms with Gasteiger partial charge in [0.15, 0.2) is 0 Å². The van der Waals surface area contributed by atoms with Crippen LogP contribution in [0.5, 0.6) is 0 Å². The van der Waals surface area contributed by atoms with Crippen molar-refractivity contribution < 1.29 is 14.6 Å². The molecule has 0 bridgehead atoms. The highest BCUT2D eigenvalue weighted by molar-refractivity contribution is 5.57. The first-order valence-electron chi connectivity index (χ1n) is 8.66. The molecule has 0 aromatic heterocycles. The number of hydrogen-bond acceptors (Lipinski definition) is 2. The Labute approximate surface area is 144 Å². The lowest BCUT2D eigenvalue weighted by atomic mass is 9.98. The lowest BCUT2D eigenvalue weighted by Gasteiger charge is -2.18. The van der Waals surface area contributed by atoms with E-state index < -0.39 is 6.16 Å². The van der Waals surface area contributed by atoms with E-state index in [0.29, 0.717) is 0 Å². The van der Waals surface area contributed by atoms with Crippen LogP contribution in [-0.4, -0.2) is 11.3 Å². The van der Waals surface area contributed by atoms with Gasteiger partial charge in [-0.2, -0.15) is 0 Å². The van der Waals surface area contributed by atoms with Gasteiger partial charge >= 0.3 is 6.16 Å². The smallest absolute Gasteiger partial charge is 0.450 e. The highest BCUT2D eigenvalue weighted by Gasteiger charge is 2.17. The standard InChI is InChI=1S/C21H26O3/c1-17-11-9-10-15-19(17)20(24-21(22)23)16-8-3-2-5-12-18-13-6-4-7-14-18/h4,6-7,9-11,13-15,20H,2-3,5,8,12,16H2,1H3,(H,22,23). The van der Waals surface area contributed by atoms with E-state index in [1.165, 1.54) is 12.0 Å². The monoisotopic (exact) mass is 326 g/mol. The van der Waals surface area contributed by atoms with Crippen LogP contribution in [0.4, 0.5) is 4.79 Å². The van der Waals surface area contributed by atoms with Gasteiger partial charge in [0.25, 0.3) is 0 Å². The highest BCUT2D eigenvalue weighted by atomic mass is 16.7. The Hall–Kier alpha value is -2.29. The Morgan fingerprint density at radius 2 is 1.62 bits per heavy atom. The fourth-order valence-electron chi connectivity index (χ4n) is 3.00. The molecule has 0 aliphatic rings. The number of rotatable bonds is 9. The van der Waals surface area contributed by atoms with Crippen LogP contribution in [-0.2, 0) is 11.2 Å². The van der Waals surface area contributed by atoms with Gasteiger partial charge in [-0.3, -0.25) is 0 Å². The van der Waals surface area contributed by atoms with Gasteiger partial charge in [-0.1, -0.05) is 67.4 Å². The number of unbranched alkanes of at least 4 members (excludes halogenated alkanes) is 3. The first-order chi connectivity index (χ1) is 11.7. The molecule has 0 heterocycles. The van der Waals surface area contributed by atoms with Crippen LogP contribution in [0.2, 0.25) is 0 Å². The lowest BCUT2D eigenvalue weighted by molar-refractivity contribution is 0.0462. The molecule has 128 valence electrons. The molecule has 2 rings (SSSR count). The van der Waals surface area contributed by atoms with Gasteiger partial charge in [0, 0.05) is 0 Å². The van der Waals surface area contributed by atoms with Crippen molar-refractivity contribution in [3.05, 3.63) is 71.3 Å². The summed E-state index contributed by atoms with van der Waals surface area (Å²) in [5, 5.41) is 8.98. The number of hydrogen-bond donors (Lipinski definition) is 1. The Bertz CT molecular complexity index is 622. The summed E-state index contributed by atoms with van der Waals surface area (Å²) in [6, 6.07) is 18.4. The minimum absolute atomic E-state index is 0.363. The van der Waals surface area contributed by atoms with E-state index in [-0.39, 0.29) is 6.10 Å². The van der Waals surface area contributed by atoms with Crippen LogP contribution >= 0.6 is 0 Å². The SMILES string of the molecule is Cc1ccccc1C(CCCCCCc1ccccc1)OC(=O)O. The lowest BCUT2D eigenvalue weighted by Crippen LogP contribution is -2.10. The Balaban J connectivity index is 1.75. The molecule has 0 amide bonds. The summed E-state index contributed by atoms with van der Waals surface area (Å²) in [5.41, 5.74) is 3.43. The largest absolute Gasteiger partial charge is 0.506 e. The van der Waals surface area contributed by atoms with Crippen LogP contribution in [0.1, 0.15) is 54.9 Å². The van der Waals surface area contributed by atoms with Gasteiger partial charge in [0.05, 0.1) is 0 Å². The molecule has 0 saturated carbocycles. The maximum Gasteiger partial charge on any atom is 0.506 e. The maximum absolute atomic E-state index is 11.0. The molecule has 3 nitrogen and oxygen atoms in total. The molecule has 24 heavy (non-hydrogen) atoms. The predicted octanol–water partition coefficient (Wildman–Crippen LogP) is 5.92. The topological polar surface area (TPSA) is 46.5 Å². The van der Waals surface area contributed by atoms with E-state index in [2.05, 4.69) is 24.3 Å². The molecule has 0 aliphatic carbocycles. The molecule has 1 atom stereocenters. The van der Waals surface area contributed by atoms with Crippen molar-refractivity contribution in [3.8, 4) is 0 Å². The van der Waals surface area contributed by atoms with E-state index in [1.807, 2.05) is 37.3 Å². The summed E-state index contributed by atoms with van der Waals surface area (Å²) < 4.78 is 5.11. The summed E-state index contributed by atoms with van der Waals surface area (Å²) in [5.74, 6) is 0. The van der Waals surface area contributed by atoms with Crippen LogP contribution in [0.3, 0.4) is 0 Å². The zero-order valence-corrected chi connectivity index (χ0v) is 14.3. The van der Waals surface area contributed by atoms with Crippen LogP contribution in [0, 0.1) is 6.92 Å². The minimum atomic E-state index is -1.20. The fraction of sp³-hybridized carbons (Fsp3) is 0.381. The minimum Gasteiger partial charge on any atom is -0.450 e. The third-order valence-corrected chi connectivity index (χ3v) is 4.30. The Morgan fingerprint density at radius 3 is 2.33 bits per heavy atom. The summed E-state index contributed by atoms with van der Waals surface area (Å²) in [4.78, 5) is 11.0. The number of carboxylic acid groups (broad SMARTS) is 1. The predicted molar refractivity (Wildman–Crippen MR) is 96.3 cm³/mol. The third kappa shape index (κ3) is 6.07. The van der Waals surface area contributed by atoms with Gasteiger partial charge in [-0.25, -0.2) is 4.79 Å². The fourth-order valence-corrected chi connectivity index (χ4v) is 3.00.